The van der Waals surface area contributed by atoms with Gasteiger partial charge in [0.05, 0.1) is 17.7 Å². The highest BCUT2D eigenvalue weighted by Crippen LogP contribution is 2.25. The lowest BCUT2D eigenvalue weighted by Gasteiger charge is -2.36. The number of carbonyl (C=O) groups is 1. The molecule has 4 rings (SSSR count). The Morgan fingerprint density at radius 2 is 1.49 bits per heavy atom. The summed E-state index contributed by atoms with van der Waals surface area (Å²) >= 11 is 1.56. The fourth-order valence-electron chi connectivity index (χ4n) is 4.00. The molecule has 7 nitrogen and oxygen atoms in total. The number of amides is 1. The van der Waals surface area contributed by atoms with Crippen LogP contribution in [0.5, 0.6) is 5.75 Å². The van der Waals surface area contributed by atoms with Crippen LogP contribution < -0.4 is 13.9 Å². The zero-order valence-electron chi connectivity index (χ0n) is 20.0. The zero-order chi connectivity index (χ0) is 25.0. The average molecular weight is 512 g/mol. The van der Waals surface area contributed by atoms with Gasteiger partial charge in [-0.05, 0) is 79.1 Å². The maximum absolute atomic E-state index is 13.0. The Labute approximate surface area is 211 Å². The standard InChI is InChI=1S/C26H29N3O4S2/c1-27(35(31,32)25-14-12-24(34-3)13-15-25)21-6-4-20(5-7-21)26(30)29-18-16-28(17-19-29)22-8-10-23(33-2)11-9-22/h4-15H,16-19H2,1-3H3. The topological polar surface area (TPSA) is 70.2 Å². The first-order valence-corrected chi connectivity index (χ1v) is 13.9. The highest BCUT2D eigenvalue weighted by Gasteiger charge is 2.24. The Morgan fingerprint density at radius 3 is 2.03 bits per heavy atom. The number of hydrogen-bond acceptors (Lipinski definition) is 6. The van der Waals surface area contributed by atoms with Gasteiger partial charge < -0.3 is 14.5 Å². The molecule has 0 spiro atoms. The number of benzene rings is 3. The van der Waals surface area contributed by atoms with Gasteiger partial charge in [-0.1, -0.05) is 0 Å². The average Bonchev–Trinajstić information content (AvgIpc) is 2.92. The summed E-state index contributed by atoms with van der Waals surface area (Å²) in [5, 5.41) is 0. The molecule has 0 aromatic heterocycles. The van der Waals surface area contributed by atoms with E-state index in [-0.39, 0.29) is 10.8 Å². The smallest absolute Gasteiger partial charge is 0.264 e. The van der Waals surface area contributed by atoms with Crippen LogP contribution in [0.3, 0.4) is 0 Å². The zero-order valence-corrected chi connectivity index (χ0v) is 21.7. The molecule has 0 atom stereocenters. The Kier molecular flexibility index (Phi) is 7.57. The molecular formula is C26H29N3O4S2. The van der Waals surface area contributed by atoms with Crippen molar-refractivity contribution in [2.75, 3.05) is 55.8 Å². The van der Waals surface area contributed by atoms with Gasteiger partial charge in [-0.2, -0.15) is 0 Å². The monoisotopic (exact) mass is 511 g/mol. The van der Waals surface area contributed by atoms with Crippen molar-refractivity contribution in [2.24, 2.45) is 0 Å². The maximum atomic E-state index is 13.0. The predicted octanol–water partition coefficient (Wildman–Crippen LogP) is 4.20. The van der Waals surface area contributed by atoms with Crippen LogP contribution in [0.4, 0.5) is 11.4 Å². The van der Waals surface area contributed by atoms with Crippen LogP contribution in [0, 0.1) is 0 Å². The van der Waals surface area contributed by atoms with Gasteiger partial charge in [-0.15, -0.1) is 11.8 Å². The second-order valence-corrected chi connectivity index (χ2v) is 11.0. The van der Waals surface area contributed by atoms with Crippen LogP contribution >= 0.6 is 11.8 Å². The van der Waals surface area contributed by atoms with Gasteiger partial charge >= 0.3 is 0 Å². The lowest BCUT2D eigenvalue weighted by Crippen LogP contribution is -2.48. The van der Waals surface area contributed by atoms with Crippen molar-refractivity contribution >= 4 is 39.1 Å². The molecule has 35 heavy (non-hydrogen) atoms. The van der Waals surface area contributed by atoms with E-state index in [0.717, 1.165) is 29.4 Å². The fraction of sp³-hybridized carbons (Fsp3) is 0.269. The van der Waals surface area contributed by atoms with Gasteiger partial charge in [0.15, 0.2) is 0 Å². The number of carbonyl (C=O) groups excluding carboxylic acids is 1. The van der Waals surface area contributed by atoms with Crippen LogP contribution in [0.15, 0.2) is 82.6 Å². The fourth-order valence-corrected chi connectivity index (χ4v) is 5.61. The summed E-state index contributed by atoms with van der Waals surface area (Å²) in [6, 6.07) is 21.5. The Bertz CT molecular complexity index is 1250. The van der Waals surface area contributed by atoms with E-state index >= 15 is 0 Å². The second kappa shape index (κ2) is 10.6. The largest absolute Gasteiger partial charge is 0.497 e. The van der Waals surface area contributed by atoms with E-state index in [2.05, 4.69) is 4.90 Å². The maximum Gasteiger partial charge on any atom is 0.264 e. The molecule has 3 aromatic carbocycles. The van der Waals surface area contributed by atoms with Crippen LogP contribution in [-0.4, -0.2) is 65.8 Å². The van der Waals surface area contributed by atoms with E-state index in [1.54, 1.807) is 67.4 Å². The molecule has 0 N–H and O–H groups in total. The molecule has 0 unspecified atom stereocenters. The molecule has 0 aliphatic carbocycles. The number of anilines is 2. The van der Waals surface area contributed by atoms with Gasteiger partial charge in [0.1, 0.15) is 5.75 Å². The summed E-state index contributed by atoms with van der Waals surface area (Å²) in [5.41, 5.74) is 2.15. The minimum Gasteiger partial charge on any atom is -0.497 e. The van der Waals surface area contributed by atoms with Crippen molar-refractivity contribution in [3.8, 4) is 5.75 Å². The lowest BCUT2D eigenvalue weighted by molar-refractivity contribution is 0.0747. The van der Waals surface area contributed by atoms with E-state index in [0.29, 0.717) is 24.3 Å². The van der Waals surface area contributed by atoms with Crippen molar-refractivity contribution in [1.82, 2.24) is 4.90 Å². The van der Waals surface area contributed by atoms with E-state index in [1.807, 2.05) is 35.4 Å². The third-order valence-corrected chi connectivity index (χ3v) is 8.74. The molecule has 1 fully saturated rings. The first-order chi connectivity index (χ1) is 16.8. The number of ether oxygens (including phenoxy) is 1. The normalized spacial score (nSPS) is 14.0. The van der Waals surface area contributed by atoms with Crippen molar-refractivity contribution < 1.29 is 17.9 Å². The molecule has 0 bridgehead atoms. The van der Waals surface area contributed by atoms with Crippen molar-refractivity contribution in [1.29, 1.82) is 0 Å². The summed E-state index contributed by atoms with van der Waals surface area (Å²) in [6.45, 7) is 2.72. The molecule has 1 amide bonds. The molecule has 1 saturated heterocycles. The number of hydrogen-bond donors (Lipinski definition) is 0. The van der Waals surface area contributed by atoms with Crippen molar-refractivity contribution in [3.05, 3.63) is 78.4 Å². The second-order valence-electron chi connectivity index (χ2n) is 8.17. The van der Waals surface area contributed by atoms with E-state index in [9.17, 15) is 13.2 Å². The summed E-state index contributed by atoms with van der Waals surface area (Å²) < 4.78 is 32.5. The molecule has 1 aliphatic rings. The van der Waals surface area contributed by atoms with Gasteiger partial charge in [-0.3, -0.25) is 9.10 Å². The molecular weight excluding hydrogens is 482 g/mol. The van der Waals surface area contributed by atoms with E-state index < -0.39 is 10.0 Å². The molecule has 9 heteroatoms. The molecule has 1 heterocycles. The minimum atomic E-state index is -3.69. The SMILES string of the molecule is COc1ccc(N2CCN(C(=O)c3ccc(N(C)S(=O)(=O)c4ccc(SC)cc4)cc3)CC2)cc1. The molecule has 3 aromatic rings. The number of thioether (sulfide) groups is 1. The first kappa shape index (κ1) is 24.9. The molecule has 0 radical (unpaired) electrons. The number of sulfonamides is 1. The number of methoxy groups -OCH3 is 1. The lowest BCUT2D eigenvalue weighted by atomic mass is 10.1. The van der Waals surface area contributed by atoms with Gasteiger partial charge in [0.2, 0.25) is 0 Å². The van der Waals surface area contributed by atoms with Crippen LogP contribution in [0.1, 0.15) is 10.4 Å². The van der Waals surface area contributed by atoms with Crippen molar-refractivity contribution in [3.63, 3.8) is 0 Å². The van der Waals surface area contributed by atoms with Crippen LogP contribution in [0.2, 0.25) is 0 Å². The summed E-state index contributed by atoms with van der Waals surface area (Å²) in [7, 11) is -0.525. The highest BCUT2D eigenvalue weighted by atomic mass is 32.2. The molecule has 1 aliphatic heterocycles. The van der Waals surface area contributed by atoms with Gasteiger partial charge in [0, 0.05) is 49.4 Å². The Hall–Kier alpha value is -3.17. The number of piperazine rings is 1. The van der Waals surface area contributed by atoms with Gasteiger partial charge in [0.25, 0.3) is 15.9 Å². The summed E-state index contributed by atoms with van der Waals surface area (Å²) in [6.07, 6.45) is 1.94. The van der Waals surface area contributed by atoms with E-state index in [4.69, 9.17) is 4.74 Å². The predicted molar refractivity (Wildman–Crippen MR) is 141 cm³/mol. The van der Waals surface area contributed by atoms with Crippen LogP contribution in [-0.2, 0) is 10.0 Å². The molecule has 0 saturated carbocycles. The number of rotatable bonds is 7. The quantitative estimate of drug-likeness (QED) is 0.443. The first-order valence-electron chi connectivity index (χ1n) is 11.2. The third-order valence-electron chi connectivity index (χ3n) is 6.20. The highest BCUT2D eigenvalue weighted by molar-refractivity contribution is 7.98. The van der Waals surface area contributed by atoms with Crippen molar-refractivity contribution in [2.45, 2.75) is 9.79 Å². The summed E-state index contributed by atoms with van der Waals surface area (Å²) in [5.74, 6) is 0.766. The number of nitrogens with zero attached hydrogens (tertiary/aromatic N) is 3. The summed E-state index contributed by atoms with van der Waals surface area (Å²) in [4.78, 5) is 18.4. The van der Waals surface area contributed by atoms with Crippen LogP contribution in [0.25, 0.3) is 0 Å². The van der Waals surface area contributed by atoms with Gasteiger partial charge in [-0.25, -0.2) is 8.42 Å². The van der Waals surface area contributed by atoms with E-state index in [1.165, 1.54) is 11.4 Å². The minimum absolute atomic E-state index is 0.0518. The third kappa shape index (κ3) is 5.41. The Balaban J connectivity index is 1.39. The Morgan fingerprint density at radius 1 is 0.886 bits per heavy atom. The molecule has 184 valence electrons.